The first-order chi connectivity index (χ1) is 34.9. The van der Waals surface area contributed by atoms with E-state index in [2.05, 4.69) is 42.2 Å². The van der Waals surface area contributed by atoms with Gasteiger partial charge < -0.3 is 32.5 Å². The number of carbonyl (C=O) groups excluding carboxylic acids is 9. The summed E-state index contributed by atoms with van der Waals surface area (Å²) in [6, 6.07) is 11.6. The van der Waals surface area contributed by atoms with E-state index >= 15 is 0 Å². The van der Waals surface area contributed by atoms with Crippen molar-refractivity contribution in [2.75, 3.05) is 6.54 Å². The number of phenolic OH excluding ortho intramolecular Hbond substituents is 2. The Balaban J connectivity index is 1.88. The van der Waals surface area contributed by atoms with Gasteiger partial charge in [-0.05, 0) is 42.9 Å². The molecule has 0 fully saturated rings. The summed E-state index contributed by atoms with van der Waals surface area (Å²) in [5.74, 6) is -6.92. The van der Waals surface area contributed by atoms with Crippen molar-refractivity contribution in [3.05, 3.63) is 90.0 Å². The number of hydrogen-bond donors (Lipinski definition) is 12. The molecule has 0 aliphatic rings. The van der Waals surface area contributed by atoms with Crippen LogP contribution in [-0.4, -0.2) is 132 Å². The van der Waals surface area contributed by atoms with Gasteiger partial charge in [-0.15, -0.1) is 0 Å². The second-order valence-electron chi connectivity index (χ2n) is 18.6. The van der Waals surface area contributed by atoms with E-state index in [1.54, 1.807) is 12.1 Å². The summed E-state index contributed by atoms with van der Waals surface area (Å²) in [7, 11) is 0. The van der Waals surface area contributed by atoms with Crippen molar-refractivity contribution in [3.8, 4) is 11.5 Å². The van der Waals surface area contributed by atoms with Gasteiger partial charge in [-0.3, -0.25) is 24.2 Å². The Morgan fingerprint density at radius 3 is 1.43 bits per heavy atom. The fraction of sp³-hybridized carbons (Fsp3) is 0.451. The topological polar surface area (TPSA) is 369 Å². The molecule has 74 heavy (non-hydrogen) atoms. The molecular formula is C51H71N11O11Se. The first-order valence-electron chi connectivity index (χ1n) is 24.2. The summed E-state index contributed by atoms with van der Waals surface area (Å²) in [6.45, 7) is 10.1. The van der Waals surface area contributed by atoms with Crippen molar-refractivity contribution < 1.29 is 53.4 Å². The molecular weight excluding hydrogens is 1020 g/mol. The van der Waals surface area contributed by atoms with E-state index in [0.717, 1.165) is 4.46 Å². The van der Waals surface area contributed by atoms with E-state index in [4.69, 9.17) is 17.2 Å². The number of rotatable bonds is 30. The number of carbonyl (C=O) groups is 9. The number of hydrogen-bond acceptors (Lipinski definition) is 12. The summed E-state index contributed by atoms with van der Waals surface area (Å²) in [4.78, 5) is 126. The number of guanidine groups is 1. The molecule has 7 atom stereocenters. The van der Waals surface area contributed by atoms with Crippen LogP contribution in [0, 0.1) is 11.8 Å². The third-order valence-electron chi connectivity index (χ3n) is 11.1. The average molecular weight is 1090 g/mol. The van der Waals surface area contributed by atoms with Crippen molar-refractivity contribution >= 4 is 77.3 Å². The summed E-state index contributed by atoms with van der Waals surface area (Å²) in [5.41, 5.74) is 17.6. The number of aromatic hydroxyl groups is 2. The number of phenols is 2. The van der Waals surface area contributed by atoms with Crippen molar-refractivity contribution in [2.24, 2.45) is 34.0 Å². The minimum absolute atomic E-state index is 0.0133. The predicted octanol–water partition coefficient (Wildman–Crippen LogP) is -1.11. The zero-order chi connectivity index (χ0) is 55.1. The first-order valence-corrected chi connectivity index (χ1v) is 25.9. The van der Waals surface area contributed by atoms with Gasteiger partial charge in [-0.2, -0.15) is 0 Å². The standard InChI is InChI=1S/C51H71N11O11Se/c1-28(2)23-38(57-31(6)63)46(69)60-39(25-32-14-18-34(64)19-15-32)47(70)58-37(13-10-22-55-51(53)54)45(68)56-30(5)44(67)59-41(27-43(52)66)49(72)61-40(26-33-16-20-35(65)21-17-33)48(71)62-42(24-29(3)4)50(73)74-36-11-8-7-9-12-36/h7-9,11-12,14-21,28-30,37-42,64-65H,10,13,22-27H2,1-6H3,(H2,52,66)(H,56,68)(H,57,63)(H,58,70)(H,59,67)(H,60,69)(H,61,72)(H,62,71)(H4,53,54,55)/t30-,37-,38-,39-,40-,41-,42?/m0/s1. The van der Waals surface area contributed by atoms with Crippen LogP contribution in [0.4, 0.5) is 0 Å². The molecule has 0 saturated carbocycles. The molecule has 0 aliphatic carbocycles. The molecule has 3 aromatic rings. The molecule has 0 spiro atoms. The quantitative estimate of drug-likeness (QED) is 0.0163. The van der Waals surface area contributed by atoms with Crippen LogP contribution in [0.25, 0.3) is 0 Å². The molecule has 0 aromatic heterocycles. The van der Waals surface area contributed by atoms with E-state index in [0.29, 0.717) is 17.5 Å². The van der Waals surface area contributed by atoms with Crippen LogP contribution in [0.15, 0.2) is 83.9 Å². The Hall–Kier alpha value is -7.52. The van der Waals surface area contributed by atoms with Gasteiger partial charge in [0, 0.05) is 19.9 Å². The Bertz CT molecular complexity index is 2420. The first kappa shape index (κ1) is 60.8. The van der Waals surface area contributed by atoms with Crippen LogP contribution in [0.3, 0.4) is 0 Å². The van der Waals surface area contributed by atoms with Crippen LogP contribution in [0.1, 0.15) is 84.8 Å². The third kappa shape index (κ3) is 22.5. The van der Waals surface area contributed by atoms with Crippen molar-refractivity contribution in [3.63, 3.8) is 0 Å². The van der Waals surface area contributed by atoms with Crippen LogP contribution < -0.4 is 58.9 Å². The van der Waals surface area contributed by atoms with Crippen LogP contribution in [0.2, 0.25) is 0 Å². The number of benzene rings is 3. The second kappa shape index (κ2) is 30.5. The van der Waals surface area contributed by atoms with Gasteiger partial charge in [0.25, 0.3) is 0 Å². The molecule has 0 saturated heterocycles. The zero-order valence-electron chi connectivity index (χ0n) is 42.5. The summed E-state index contributed by atoms with van der Waals surface area (Å²) in [6.07, 6.45) is -0.402. The predicted molar refractivity (Wildman–Crippen MR) is 278 cm³/mol. The number of aliphatic imine (C=N–C) groups is 1. The normalized spacial score (nSPS) is 13.8. The van der Waals surface area contributed by atoms with Crippen LogP contribution in [-0.2, 0) is 56.0 Å². The van der Waals surface area contributed by atoms with Gasteiger partial charge in [0.2, 0.25) is 23.6 Å². The van der Waals surface area contributed by atoms with Gasteiger partial charge in [-0.25, -0.2) is 0 Å². The maximum atomic E-state index is 14.2. The molecule has 22 nitrogen and oxygen atoms in total. The molecule has 15 N–H and O–H groups in total. The van der Waals surface area contributed by atoms with E-state index in [9.17, 15) is 53.4 Å². The molecule has 8 amide bonds. The molecule has 0 aliphatic heterocycles. The molecule has 0 bridgehead atoms. The van der Waals surface area contributed by atoms with Crippen molar-refractivity contribution in [2.45, 2.75) is 129 Å². The Morgan fingerprint density at radius 1 is 0.527 bits per heavy atom. The van der Waals surface area contributed by atoms with Crippen LogP contribution >= 0.6 is 0 Å². The number of amides is 8. The average Bonchev–Trinajstić information content (AvgIpc) is 3.32. The third-order valence-corrected chi connectivity index (χ3v) is 13.1. The summed E-state index contributed by atoms with van der Waals surface area (Å²) >= 11 is -0.659. The van der Waals surface area contributed by atoms with E-state index in [1.165, 1.54) is 62.4 Å². The van der Waals surface area contributed by atoms with E-state index in [1.807, 2.05) is 45.9 Å². The molecule has 0 radical (unpaired) electrons. The number of nitrogens with zero attached hydrogens (tertiary/aromatic N) is 1. The monoisotopic (exact) mass is 1090 g/mol. The molecule has 3 rings (SSSR count). The second-order valence-corrected chi connectivity index (χ2v) is 20.9. The Morgan fingerprint density at radius 2 is 0.959 bits per heavy atom. The minimum atomic E-state index is -1.68. The molecule has 23 heteroatoms. The molecule has 1 unspecified atom stereocenters. The van der Waals surface area contributed by atoms with Gasteiger partial charge in [0.15, 0.2) is 5.96 Å². The Kier molecular flexibility index (Phi) is 25.1. The van der Waals surface area contributed by atoms with Gasteiger partial charge in [-0.1, -0.05) is 26.0 Å². The van der Waals surface area contributed by atoms with E-state index < -0.39 is 111 Å². The number of nitrogens with one attached hydrogen (secondary N) is 7. The fourth-order valence-electron chi connectivity index (χ4n) is 7.41. The zero-order valence-corrected chi connectivity index (χ0v) is 44.2. The van der Waals surface area contributed by atoms with Gasteiger partial charge >= 0.3 is 240 Å². The molecule has 402 valence electrons. The molecule has 3 aromatic carbocycles. The van der Waals surface area contributed by atoms with Crippen LogP contribution in [0.5, 0.6) is 11.5 Å². The number of primary amides is 1. The molecule has 0 heterocycles. The van der Waals surface area contributed by atoms with Crippen molar-refractivity contribution in [1.82, 2.24) is 37.2 Å². The van der Waals surface area contributed by atoms with Crippen molar-refractivity contribution in [1.29, 1.82) is 0 Å². The van der Waals surface area contributed by atoms with E-state index in [-0.39, 0.29) is 72.6 Å². The summed E-state index contributed by atoms with van der Waals surface area (Å²) < 4.78 is 0.591. The van der Waals surface area contributed by atoms with Gasteiger partial charge in [0.05, 0.1) is 0 Å². The maximum absolute atomic E-state index is 14.2. The number of nitrogens with two attached hydrogens (primary N) is 3. The summed E-state index contributed by atoms with van der Waals surface area (Å²) in [5, 5.41) is 38.1. The van der Waals surface area contributed by atoms with Gasteiger partial charge in [0.1, 0.15) is 23.9 Å². The Labute approximate surface area is 437 Å². The SMILES string of the molecule is CC(=O)N[C@@H](CC(C)C)C(=O)N[C@@H](Cc1ccc(O)cc1)C(=O)N[C@@H](CCCN=C(N)N)C(=O)N[C@@H](C)C(=O)N[C@@H](CC(N)=O)C(=O)N[C@@H](Cc1ccc(O)cc1)C(=O)NC(CC(C)C)C(=O)[Se]c1ccccc1. The fourth-order valence-corrected chi connectivity index (χ4v) is 9.14.